The number of nitrogens with zero attached hydrogens (tertiary/aromatic N) is 1. The number of benzene rings is 2. The lowest BCUT2D eigenvalue weighted by Crippen LogP contribution is -2.50. The highest BCUT2D eigenvalue weighted by atomic mass is 16.5. The van der Waals surface area contributed by atoms with Crippen LogP contribution in [0, 0.1) is 0 Å². The van der Waals surface area contributed by atoms with Crippen LogP contribution in [-0.2, 0) is 14.3 Å². The first kappa shape index (κ1) is 16.2. The molecule has 5 heteroatoms. The van der Waals surface area contributed by atoms with Gasteiger partial charge in [-0.05, 0) is 11.1 Å². The van der Waals surface area contributed by atoms with Gasteiger partial charge >= 0.3 is 5.97 Å². The summed E-state index contributed by atoms with van der Waals surface area (Å²) >= 11 is 0. The Labute approximate surface area is 140 Å². The van der Waals surface area contributed by atoms with Crippen LogP contribution in [0.2, 0.25) is 0 Å². The molecule has 5 nitrogen and oxygen atoms in total. The summed E-state index contributed by atoms with van der Waals surface area (Å²) in [6, 6.07) is 19.1. The van der Waals surface area contributed by atoms with Gasteiger partial charge in [0.2, 0.25) is 5.91 Å². The van der Waals surface area contributed by atoms with Crippen LogP contribution in [0.4, 0.5) is 0 Å². The summed E-state index contributed by atoms with van der Waals surface area (Å²) in [5.41, 5.74) is 1.79. The van der Waals surface area contributed by atoms with E-state index in [9.17, 15) is 9.59 Å². The first-order chi connectivity index (χ1) is 11.7. The minimum absolute atomic E-state index is 0.0737. The molecule has 0 spiro atoms. The van der Waals surface area contributed by atoms with Crippen molar-refractivity contribution < 1.29 is 19.4 Å². The van der Waals surface area contributed by atoms with Gasteiger partial charge in [-0.3, -0.25) is 4.79 Å². The van der Waals surface area contributed by atoms with E-state index in [0.29, 0.717) is 6.54 Å². The molecular weight excluding hydrogens is 306 g/mol. The molecule has 1 heterocycles. The maximum atomic E-state index is 13.1. The third-order valence-electron chi connectivity index (χ3n) is 4.17. The molecule has 0 unspecified atom stereocenters. The third kappa shape index (κ3) is 3.46. The van der Waals surface area contributed by atoms with Crippen molar-refractivity contribution in [2.45, 2.75) is 12.0 Å². The average Bonchev–Trinajstić information content (AvgIpc) is 2.64. The van der Waals surface area contributed by atoms with Gasteiger partial charge in [0.1, 0.15) is 0 Å². The molecular formula is C19H19NO4. The summed E-state index contributed by atoms with van der Waals surface area (Å²) in [4.78, 5) is 25.9. The lowest BCUT2D eigenvalue weighted by Gasteiger charge is -2.33. The Morgan fingerprint density at radius 1 is 1.00 bits per heavy atom. The van der Waals surface area contributed by atoms with E-state index in [0.717, 1.165) is 11.1 Å². The van der Waals surface area contributed by atoms with E-state index >= 15 is 0 Å². The average molecular weight is 325 g/mol. The number of carboxylic acids is 1. The first-order valence-corrected chi connectivity index (χ1v) is 7.90. The fraction of sp³-hybridized carbons (Fsp3) is 0.263. The minimum atomic E-state index is -1.04. The van der Waals surface area contributed by atoms with E-state index in [1.165, 1.54) is 0 Å². The van der Waals surface area contributed by atoms with Crippen LogP contribution in [0.5, 0.6) is 0 Å². The molecule has 0 aromatic heterocycles. The predicted octanol–water partition coefficient (Wildman–Crippen LogP) is 2.13. The molecule has 24 heavy (non-hydrogen) atoms. The Morgan fingerprint density at radius 2 is 1.54 bits per heavy atom. The molecule has 1 saturated heterocycles. The number of carboxylic acid groups (broad SMARTS) is 1. The highest BCUT2D eigenvalue weighted by molar-refractivity contribution is 5.88. The van der Waals surface area contributed by atoms with Gasteiger partial charge in [-0.2, -0.15) is 0 Å². The van der Waals surface area contributed by atoms with Crippen molar-refractivity contribution in [1.82, 2.24) is 4.90 Å². The van der Waals surface area contributed by atoms with Crippen LogP contribution in [0.25, 0.3) is 0 Å². The van der Waals surface area contributed by atoms with E-state index in [1.54, 1.807) is 4.90 Å². The van der Waals surface area contributed by atoms with Gasteiger partial charge in [-0.25, -0.2) is 4.79 Å². The highest BCUT2D eigenvalue weighted by Gasteiger charge is 2.33. The summed E-state index contributed by atoms with van der Waals surface area (Å²) in [6.45, 7) is 0.710. The first-order valence-electron chi connectivity index (χ1n) is 7.90. The van der Waals surface area contributed by atoms with Crippen molar-refractivity contribution in [2.75, 3.05) is 19.7 Å². The smallest absolute Gasteiger partial charge is 0.334 e. The second-order valence-electron chi connectivity index (χ2n) is 5.74. The topological polar surface area (TPSA) is 66.8 Å². The van der Waals surface area contributed by atoms with Gasteiger partial charge in [-0.1, -0.05) is 60.7 Å². The van der Waals surface area contributed by atoms with Crippen molar-refractivity contribution >= 4 is 11.9 Å². The molecule has 124 valence electrons. The van der Waals surface area contributed by atoms with E-state index in [2.05, 4.69) is 0 Å². The summed E-state index contributed by atoms with van der Waals surface area (Å²) < 4.78 is 5.22. The standard InChI is InChI=1S/C19H19NO4/c21-18(20-11-12-24-16(13-20)19(22)23)17(14-7-3-1-4-8-14)15-9-5-2-6-10-15/h1-10,16-17H,11-13H2,(H,22,23)/t16-/m0/s1. The SMILES string of the molecule is O=C(O)[C@@H]1CN(C(=O)C(c2ccccc2)c2ccccc2)CCO1. The van der Waals surface area contributed by atoms with Crippen LogP contribution >= 0.6 is 0 Å². The molecule has 1 aliphatic rings. The predicted molar refractivity (Wildman–Crippen MR) is 88.7 cm³/mol. The molecule has 1 N–H and O–H groups in total. The van der Waals surface area contributed by atoms with Gasteiger partial charge in [0.15, 0.2) is 6.10 Å². The zero-order valence-electron chi connectivity index (χ0n) is 13.2. The summed E-state index contributed by atoms with van der Waals surface area (Å²) in [6.07, 6.45) is -0.963. The van der Waals surface area contributed by atoms with E-state index in [4.69, 9.17) is 9.84 Å². The molecule has 0 aliphatic carbocycles. The van der Waals surface area contributed by atoms with E-state index < -0.39 is 18.0 Å². The third-order valence-corrected chi connectivity index (χ3v) is 4.17. The van der Waals surface area contributed by atoms with Crippen molar-refractivity contribution in [1.29, 1.82) is 0 Å². The second-order valence-corrected chi connectivity index (χ2v) is 5.74. The molecule has 3 rings (SSSR count). The zero-order chi connectivity index (χ0) is 16.9. The maximum absolute atomic E-state index is 13.1. The molecule has 2 aromatic rings. The lowest BCUT2D eigenvalue weighted by atomic mass is 9.90. The number of ether oxygens (including phenoxy) is 1. The Kier molecular flexibility index (Phi) is 4.91. The molecule has 0 radical (unpaired) electrons. The van der Waals surface area contributed by atoms with Gasteiger partial charge in [0, 0.05) is 6.54 Å². The van der Waals surface area contributed by atoms with Crippen LogP contribution < -0.4 is 0 Å². The van der Waals surface area contributed by atoms with Gasteiger partial charge in [-0.15, -0.1) is 0 Å². The summed E-state index contributed by atoms with van der Waals surface area (Å²) in [5, 5.41) is 9.15. The normalized spacial score (nSPS) is 17.7. The summed E-state index contributed by atoms with van der Waals surface area (Å²) in [5.74, 6) is -1.58. The lowest BCUT2D eigenvalue weighted by molar-refractivity contribution is -0.159. The van der Waals surface area contributed by atoms with Crippen molar-refractivity contribution in [3.05, 3.63) is 71.8 Å². The second kappa shape index (κ2) is 7.27. The minimum Gasteiger partial charge on any atom is -0.479 e. The largest absolute Gasteiger partial charge is 0.479 e. The molecule has 1 fully saturated rings. The van der Waals surface area contributed by atoms with Crippen molar-refractivity contribution in [3.8, 4) is 0 Å². The number of rotatable bonds is 4. The Morgan fingerprint density at radius 3 is 2.04 bits per heavy atom. The number of hydrogen-bond donors (Lipinski definition) is 1. The summed E-state index contributed by atoms with van der Waals surface area (Å²) in [7, 11) is 0. The number of hydrogen-bond acceptors (Lipinski definition) is 3. The Hall–Kier alpha value is -2.66. The van der Waals surface area contributed by atoms with E-state index in [-0.39, 0.29) is 19.1 Å². The quantitative estimate of drug-likeness (QED) is 0.935. The fourth-order valence-electron chi connectivity index (χ4n) is 2.95. The van der Waals surface area contributed by atoms with Crippen LogP contribution in [0.15, 0.2) is 60.7 Å². The molecule has 0 saturated carbocycles. The monoisotopic (exact) mass is 325 g/mol. The Balaban J connectivity index is 1.91. The molecule has 1 atom stereocenters. The number of aliphatic carboxylic acids is 1. The van der Waals surface area contributed by atoms with Crippen molar-refractivity contribution in [2.24, 2.45) is 0 Å². The molecule has 2 aromatic carbocycles. The molecule has 1 aliphatic heterocycles. The molecule has 0 bridgehead atoms. The number of carbonyl (C=O) groups is 2. The number of amides is 1. The van der Waals surface area contributed by atoms with Gasteiger partial charge < -0.3 is 14.7 Å². The van der Waals surface area contributed by atoms with E-state index in [1.807, 2.05) is 60.7 Å². The van der Waals surface area contributed by atoms with Crippen molar-refractivity contribution in [3.63, 3.8) is 0 Å². The highest BCUT2D eigenvalue weighted by Crippen LogP contribution is 2.27. The van der Waals surface area contributed by atoms with Crippen LogP contribution in [0.1, 0.15) is 17.0 Å². The van der Waals surface area contributed by atoms with Crippen LogP contribution in [-0.4, -0.2) is 47.7 Å². The van der Waals surface area contributed by atoms with Gasteiger partial charge in [0.25, 0.3) is 0 Å². The maximum Gasteiger partial charge on any atom is 0.334 e. The molecule has 1 amide bonds. The Bertz CT molecular complexity index is 662. The number of morpholine rings is 1. The number of carbonyl (C=O) groups excluding carboxylic acids is 1. The fourth-order valence-corrected chi connectivity index (χ4v) is 2.95. The van der Waals surface area contributed by atoms with Gasteiger partial charge in [0.05, 0.1) is 19.1 Å². The zero-order valence-corrected chi connectivity index (χ0v) is 13.2. The van der Waals surface area contributed by atoms with Crippen LogP contribution in [0.3, 0.4) is 0 Å².